The van der Waals surface area contributed by atoms with Gasteiger partial charge in [-0.3, -0.25) is 0 Å². The molecule has 0 spiro atoms. The molecule has 102 valence electrons. The molecular weight excluding hydrogens is 236 g/mol. The Morgan fingerprint density at radius 1 is 1.35 bits per heavy atom. The molecule has 1 unspecified atom stereocenters. The number of hydrogen-bond acceptors (Lipinski definition) is 3. The molecule has 0 aromatic rings. The van der Waals surface area contributed by atoms with Gasteiger partial charge in [0, 0.05) is 12.6 Å². The molecule has 4 nitrogen and oxygen atoms in total. The number of rotatable bonds is 6. The molecule has 17 heavy (non-hydrogen) atoms. The van der Waals surface area contributed by atoms with Crippen LogP contribution in [0.5, 0.6) is 0 Å². The summed E-state index contributed by atoms with van der Waals surface area (Å²) in [6.45, 7) is 6.34. The third-order valence-electron chi connectivity index (χ3n) is 3.62. The SMILES string of the molecule is CC(C)(C)C(CN)NS(=O)(=O)CCC1CCC1. The van der Waals surface area contributed by atoms with Crippen LogP contribution in [-0.2, 0) is 10.0 Å². The maximum Gasteiger partial charge on any atom is 0.211 e. The highest BCUT2D eigenvalue weighted by molar-refractivity contribution is 7.89. The van der Waals surface area contributed by atoms with E-state index in [0.717, 1.165) is 6.42 Å². The monoisotopic (exact) mass is 262 g/mol. The normalized spacial score (nSPS) is 20.0. The summed E-state index contributed by atoms with van der Waals surface area (Å²) >= 11 is 0. The first-order chi connectivity index (χ1) is 7.74. The minimum absolute atomic E-state index is 0.141. The topological polar surface area (TPSA) is 72.2 Å². The summed E-state index contributed by atoms with van der Waals surface area (Å²) in [4.78, 5) is 0. The lowest BCUT2D eigenvalue weighted by molar-refractivity contribution is 0.297. The standard InChI is InChI=1S/C12H26N2O2S/c1-12(2,3)11(9-13)14-17(15,16)8-7-10-5-4-6-10/h10-11,14H,4-9,13H2,1-3H3. The lowest BCUT2D eigenvalue weighted by Crippen LogP contribution is -2.49. The van der Waals surface area contributed by atoms with Gasteiger partial charge < -0.3 is 5.73 Å². The molecule has 0 aromatic carbocycles. The molecule has 3 N–H and O–H groups in total. The van der Waals surface area contributed by atoms with Crippen LogP contribution in [-0.4, -0.2) is 26.8 Å². The highest BCUT2D eigenvalue weighted by Crippen LogP contribution is 2.29. The van der Waals surface area contributed by atoms with E-state index in [9.17, 15) is 8.42 Å². The van der Waals surface area contributed by atoms with Gasteiger partial charge in [0.25, 0.3) is 0 Å². The van der Waals surface area contributed by atoms with Crippen molar-refractivity contribution in [2.24, 2.45) is 17.1 Å². The maximum absolute atomic E-state index is 11.9. The van der Waals surface area contributed by atoms with Crippen LogP contribution in [0.2, 0.25) is 0 Å². The van der Waals surface area contributed by atoms with Gasteiger partial charge in [-0.2, -0.15) is 0 Å². The van der Waals surface area contributed by atoms with Crippen molar-refractivity contribution >= 4 is 10.0 Å². The highest BCUT2D eigenvalue weighted by atomic mass is 32.2. The van der Waals surface area contributed by atoms with Crippen LogP contribution in [0.25, 0.3) is 0 Å². The molecule has 0 amide bonds. The third-order valence-corrected chi connectivity index (χ3v) is 5.04. The predicted molar refractivity (Wildman–Crippen MR) is 71.2 cm³/mol. The van der Waals surface area contributed by atoms with Crippen LogP contribution in [0.15, 0.2) is 0 Å². The molecular formula is C12H26N2O2S. The van der Waals surface area contributed by atoms with Crippen molar-refractivity contribution in [3.8, 4) is 0 Å². The molecule has 0 aromatic heterocycles. The predicted octanol–water partition coefficient (Wildman–Crippen LogP) is 1.47. The van der Waals surface area contributed by atoms with Crippen molar-refractivity contribution in [3.63, 3.8) is 0 Å². The number of sulfonamides is 1. The zero-order valence-corrected chi connectivity index (χ0v) is 12.0. The summed E-state index contributed by atoms with van der Waals surface area (Å²) in [6.07, 6.45) is 4.42. The summed E-state index contributed by atoms with van der Waals surface area (Å²) in [7, 11) is -3.18. The zero-order chi connectivity index (χ0) is 13.1. The smallest absolute Gasteiger partial charge is 0.211 e. The van der Waals surface area contributed by atoms with Crippen molar-refractivity contribution in [1.29, 1.82) is 0 Å². The third kappa shape index (κ3) is 4.94. The summed E-state index contributed by atoms with van der Waals surface area (Å²) in [5.74, 6) is 0.863. The Kier molecular flexibility index (Phi) is 4.98. The quantitative estimate of drug-likeness (QED) is 0.761. The lowest BCUT2D eigenvalue weighted by Gasteiger charge is -2.31. The van der Waals surface area contributed by atoms with E-state index in [1.165, 1.54) is 19.3 Å². The van der Waals surface area contributed by atoms with Crippen LogP contribution in [0.1, 0.15) is 46.5 Å². The largest absolute Gasteiger partial charge is 0.329 e. The zero-order valence-electron chi connectivity index (χ0n) is 11.2. The van der Waals surface area contributed by atoms with E-state index in [1.807, 2.05) is 20.8 Å². The van der Waals surface area contributed by atoms with E-state index < -0.39 is 10.0 Å². The lowest BCUT2D eigenvalue weighted by atomic mass is 9.84. The molecule has 1 fully saturated rings. The van der Waals surface area contributed by atoms with E-state index in [2.05, 4.69) is 4.72 Å². The number of nitrogens with one attached hydrogen (secondary N) is 1. The Bertz CT molecular complexity index is 329. The van der Waals surface area contributed by atoms with E-state index in [-0.39, 0.29) is 17.2 Å². The summed E-state index contributed by atoms with van der Waals surface area (Å²) in [5.41, 5.74) is 5.49. The fourth-order valence-electron chi connectivity index (χ4n) is 1.96. The minimum Gasteiger partial charge on any atom is -0.329 e. The van der Waals surface area contributed by atoms with Crippen LogP contribution >= 0.6 is 0 Å². The van der Waals surface area contributed by atoms with Gasteiger partial charge in [-0.25, -0.2) is 13.1 Å². The molecule has 5 heteroatoms. The van der Waals surface area contributed by atoms with Gasteiger partial charge in [-0.05, 0) is 17.8 Å². The second-order valence-electron chi connectivity index (χ2n) is 6.18. The van der Waals surface area contributed by atoms with Crippen LogP contribution < -0.4 is 10.5 Å². The van der Waals surface area contributed by atoms with Crippen molar-refractivity contribution in [2.45, 2.75) is 52.5 Å². The van der Waals surface area contributed by atoms with Gasteiger partial charge in [0.05, 0.1) is 5.75 Å². The van der Waals surface area contributed by atoms with Crippen molar-refractivity contribution in [1.82, 2.24) is 4.72 Å². The van der Waals surface area contributed by atoms with Crippen molar-refractivity contribution in [3.05, 3.63) is 0 Å². The van der Waals surface area contributed by atoms with Gasteiger partial charge in [-0.15, -0.1) is 0 Å². The first-order valence-electron chi connectivity index (χ1n) is 6.44. The summed E-state index contributed by atoms with van der Waals surface area (Å²) in [6, 6.07) is -0.186. The first kappa shape index (κ1) is 14.9. The molecule has 1 aliphatic rings. The van der Waals surface area contributed by atoms with Crippen LogP contribution in [0.4, 0.5) is 0 Å². The average molecular weight is 262 g/mol. The van der Waals surface area contributed by atoms with Crippen molar-refractivity contribution < 1.29 is 8.42 Å². The fourth-order valence-corrected chi connectivity index (χ4v) is 3.60. The molecule has 0 bridgehead atoms. The van der Waals surface area contributed by atoms with Gasteiger partial charge in [0.15, 0.2) is 0 Å². The maximum atomic E-state index is 11.9. The Hall–Kier alpha value is -0.130. The molecule has 0 heterocycles. The van der Waals surface area contributed by atoms with Gasteiger partial charge in [-0.1, -0.05) is 40.0 Å². The Labute approximate surface area is 105 Å². The minimum atomic E-state index is -3.18. The molecule has 0 radical (unpaired) electrons. The second kappa shape index (κ2) is 5.67. The van der Waals surface area contributed by atoms with Gasteiger partial charge in [0.2, 0.25) is 10.0 Å². The molecule has 0 saturated heterocycles. The first-order valence-corrected chi connectivity index (χ1v) is 8.10. The number of hydrogen-bond donors (Lipinski definition) is 2. The Morgan fingerprint density at radius 3 is 2.29 bits per heavy atom. The second-order valence-corrected chi connectivity index (χ2v) is 8.05. The molecule has 1 aliphatic carbocycles. The van der Waals surface area contributed by atoms with E-state index in [1.54, 1.807) is 0 Å². The van der Waals surface area contributed by atoms with E-state index >= 15 is 0 Å². The van der Waals surface area contributed by atoms with Gasteiger partial charge >= 0.3 is 0 Å². The van der Waals surface area contributed by atoms with Crippen molar-refractivity contribution in [2.75, 3.05) is 12.3 Å². The highest BCUT2D eigenvalue weighted by Gasteiger charge is 2.28. The molecule has 1 rings (SSSR count). The summed E-state index contributed by atoms with van der Waals surface area (Å²) < 4.78 is 26.6. The fraction of sp³-hybridized carbons (Fsp3) is 1.00. The van der Waals surface area contributed by atoms with Crippen LogP contribution in [0, 0.1) is 11.3 Å². The average Bonchev–Trinajstić information content (AvgIpc) is 2.09. The molecule has 1 saturated carbocycles. The van der Waals surface area contributed by atoms with Gasteiger partial charge in [0.1, 0.15) is 0 Å². The molecule has 0 aliphatic heterocycles. The summed E-state index contributed by atoms with van der Waals surface area (Å²) in [5, 5.41) is 0. The van der Waals surface area contributed by atoms with E-state index in [4.69, 9.17) is 5.73 Å². The Morgan fingerprint density at radius 2 is 1.94 bits per heavy atom. The Balaban J connectivity index is 2.46. The molecule has 1 atom stereocenters. The van der Waals surface area contributed by atoms with E-state index in [0.29, 0.717) is 12.5 Å². The van der Waals surface area contributed by atoms with Crippen LogP contribution in [0.3, 0.4) is 0 Å². The number of nitrogens with two attached hydrogens (primary N) is 1.